The standard InChI is InChI=1S/C16H23BrN2O2/c1-20-15-9-19(10-16(15)21-2)14-7-12(17)4-3-11(14)8-18-13-5-6-13/h3-4,7,13,15-16,18H,5-6,8-10H2,1-2H3. The summed E-state index contributed by atoms with van der Waals surface area (Å²) in [6.45, 7) is 2.68. The number of methoxy groups -OCH3 is 2. The lowest BCUT2D eigenvalue weighted by molar-refractivity contribution is -0.00461. The normalized spacial score (nSPS) is 25.6. The number of nitrogens with one attached hydrogen (secondary N) is 1. The molecule has 0 amide bonds. The molecule has 0 aromatic heterocycles. The third kappa shape index (κ3) is 3.59. The van der Waals surface area contributed by atoms with Gasteiger partial charge < -0.3 is 19.7 Å². The molecular formula is C16H23BrN2O2. The molecule has 1 aliphatic carbocycles. The first-order valence-electron chi connectivity index (χ1n) is 7.53. The van der Waals surface area contributed by atoms with Crippen LogP contribution in [0, 0.1) is 0 Å². The van der Waals surface area contributed by atoms with Crippen molar-refractivity contribution >= 4 is 21.6 Å². The zero-order valence-corrected chi connectivity index (χ0v) is 14.2. The minimum atomic E-state index is 0.137. The number of anilines is 1. The van der Waals surface area contributed by atoms with E-state index < -0.39 is 0 Å². The molecule has 1 saturated carbocycles. The van der Waals surface area contributed by atoms with E-state index in [2.05, 4.69) is 44.3 Å². The molecule has 1 aromatic rings. The van der Waals surface area contributed by atoms with E-state index in [9.17, 15) is 0 Å². The van der Waals surface area contributed by atoms with Gasteiger partial charge >= 0.3 is 0 Å². The second-order valence-corrected chi connectivity index (χ2v) is 6.80. The molecule has 21 heavy (non-hydrogen) atoms. The van der Waals surface area contributed by atoms with Crippen molar-refractivity contribution in [2.24, 2.45) is 0 Å². The maximum Gasteiger partial charge on any atom is 0.102 e. The summed E-state index contributed by atoms with van der Waals surface area (Å²) < 4.78 is 12.2. The Labute approximate surface area is 134 Å². The Kier molecular flexibility index (Phi) is 4.84. The lowest BCUT2D eigenvalue weighted by Gasteiger charge is -2.22. The summed E-state index contributed by atoms with van der Waals surface area (Å²) in [5.41, 5.74) is 2.62. The molecule has 5 heteroatoms. The van der Waals surface area contributed by atoms with E-state index in [1.54, 1.807) is 14.2 Å². The fourth-order valence-electron chi connectivity index (χ4n) is 2.92. The topological polar surface area (TPSA) is 33.7 Å². The van der Waals surface area contributed by atoms with Crippen LogP contribution >= 0.6 is 15.9 Å². The van der Waals surface area contributed by atoms with Gasteiger partial charge in [0.2, 0.25) is 0 Å². The highest BCUT2D eigenvalue weighted by atomic mass is 79.9. The van der Waals surface area contributed by atoms with E-state index in [0.717, 1.165) is 30.1 Å². The van der Waals surface area contributed by atoms with Crippen LogP contribution in [0.25, 0.3) is 0 Å². The van der Waals surface area contributed by atoms with Crippen LogP contribution in [0.15, 0.2) is 22.7 Å². The SMILES string of the molecule is COC1CN(c2cc(Br)ccc2CNC2CC2)CC1OC. The highest BCUT2D eigenvalue weighted by molar-refractivity contribution is 9.10. The number of halogens is 1. The smallest absolute Gasteiger partial charge is 0.102 e. The summed E-state index contributed by atoms with van der Waals surface area (Å²) in [5.74, 6) is 0. The molecule has 1 heterocycles. The molecule has 2 atom stereocenters. The van der Waals surface area contributed by atoms with Crippen molar-refractivity contribution < 1.29 is 9.47 Å². The molecule has 1 aromatic carbocycles. The number of nitrogens with zero attached hydrogens (tertiary/aromatic N) is 1. The van der Waals surface area contributed by atoms with Gasteiger partial charge in [-0.2, -0.15) is 0 Å². The van der Waals surface area contributed by atoms with E-state index in [4.69, 9.17) is 9.47 Å². The van der Waals surface area contributed by atoms with Gasteiger partial charge in [-0.3, -0.25) is 0 Å². The summed E-state index contributed by atoms with van der Waals surface area (Å²) in [7, 11) is 3.52. The van der Waals surface area contributed by atoms with Gasteiger partial charge in [-0.25, -0.2) is 0 Å². The Hall–Kier alpha value is -0.620. The lowest BCUT2D eigenvalue weighted by Crippen LogP contribution is -2.27. The number of ether oxygens (including phenoxy) is 2. The van der Waals surface area contributed by atoms with Gasteiger partial charge in [-0.1, -0.05) is 22.0 Å². The Morgan fingerprint density at radius 2 is 1.86 bits per heavy atom. The summed E-state index contributed by atoms with van der Waals surface area (Å²) in [6, 6.07) is 7.25. The van der Waals surface area contributed by atoms with E-state index in [1.165, 1.54) is 24.1 Å². The molecule has 1 N–H and O–H groups in total. The van der Waals surface area contributed by atoms with Crippen molar-refractivity contribution in [3.63, 3.8) is 0 Å². The highest BCUT2D eigenvalue weighted by Gasteiger charge is 2.34. The second kappa shape index (κ2) is 6.65. The minimum absolute atomic E-state index is 0.137. The van der Waals surface area contributed by atoms with E-state index >= 15 is 0 Å². The molecule has 2 fully saturated rings. The Morgan fingerprint density at radius 1 is 1.19 bits per heavy atom. The third-order valence-corrected chi connectivity index (χ3v) is 4.86. The van der Waals surface area contributed by atoms with Crippen LogP contribution in [-0.4, -0.2) is 45.6 Å². The van der Waals surface area contributed by atoms with Crippen molar-refractivity contribution in [2.75, 3.05) is 32.2 Å². The zero-order chi connectivity index (χ0) is 14.8. The largest absolute Gasteiger partial charge is 0.377 e. The number of hydrogen-bond acceptors (Lipinski definition) is 4. The Bertz CT molecular complexity index is 481. The number of hydrogen-bond donors (Lipinski definition) is 1. The van der Waals surface area contributed by atoms with Crippen LogP contribution in [0.4, 0.5) is 5.69 Å². The van der Waals surface area contributed by atoms with Crippen molar-refractivity contribution in [1.29, 1.82) is 0 Å². The van der Waals surface area contributed by atoms with Gasteiger partial charge in [0.1, 0.15) is 12.2 Å². The Morgan fingerprint density at radius 3 is 2.43 bits per heavy atom. The quantitative estimate of drug-likeness (QED) is 0.851. The Balaban J connectivity index is 1.77. The molecule has 2 aliphatic rings. The van der Waals surface area contributed by atoms with Gasteiger partial charge in [0.25, 0.3) is 0 Å². The first-order valence-corrected chi connectivity index (χ1v) is 8.33. The van der Waals surface area contributed by atoms with E-state index in [1.807, 2.05) is 0 Å². The highest BCUT2D eigenvalue weighted by Crippen LogP contribution is 2.30. The summed E-state index contributed by atoms with van der Waals surface area (Å²) >= 11 is 3.59. The second-order valence-electron chi connectivity index (χ2n) is 5.88. The van der Waals surface area contributed by atoms with Gasteiger partial charge in [0.05, 0.1) is 0 Å². The average molecular weight is 355 g/mol. The third-order valence-electron chi connectivity index (χ3n) is 4.37. The minimum Gasteiger partial charge on any atom is -0.377 e. The first-order chi connectivity index (χ1) is 10.2. The molecular weight excluding hydrogens is 332 g/mol. The van der Waals surface area contributed by atoms with Crippen LogP contribution in [0.3, 0.4) is 0 Å². The van der Waals surface area contributed by atoms with E-state index in [-0.39, 0.29) is 12.2 Å². The van der Waals surface area contributed by atoms with Crippen LogP contribution < -0.4 is 10.2 Å². The van der Waals surface area contributed by atoms with E-state index in [0.29, 0.717) is 0 Å². The molecule has 0 radical (unpaired) electrons. The molecule has 0 bridgehead atoms. The van der Waals surface area contributed by atoms with Crippen LogP contribution in [0.1, 0.15) is 18.4 Å². The van der Waals surface area contributed by atoms with Gasteiger partial charge in [-0.05, 0) is 30.5 Å². The molecule has 1 aliphatic heterocycles. The van der Waals surface area contributed by atoms with Crippen LogP contribution in [0.2, 0.25) is 0 Å². The van der Waals surface area contributed by atoms with Crippen LogP contribution in [-0.2, 0) is 16.0 Å². The summed E-state index contributed by atoms with van der Waals surface area (Å²) in [5, 5.41) is 3.60. The van der Waals surface area contributed by atoms with Crippen molar-refractivity contribution in [1.82, 2.24) is 5.32 Å². The summed E-state index contributed by atoms with van der Waals surface area (Å²) in [4.78, 5) is 2.37. The maximum absolute atomic E-state index is 5.55. The molecule has 1 saturated heterocycles. The summed E-state index contributed by atoms with van der Waals surface area (Å²) in [6.07, 6.45) is 2.90. The first kappa shape index (κ1) is 15.3. The van der Waals surface area contributed by atoms with Crippen molar-refractivity contribution in [3.05, 3.63) is 28.2 Å². The monoisotopic (exact) mass is 354 g/mol. The predicted octanol–water partition coefficient (Wildman–Crippen LogP) is 2.55. The number of rotatable bonds is 6. The zero-order valence-electron chi connectivity index (χ0n) is 12.6. The number of benzene rings is 1. The fraction of sp³-hybridized carbons (Fsp3) is 0.625. The molecule has 4 nitrogen and oxygen atoms in total. The lowest BCUT2D eigenvalue weighted by atomic mass is 10.1. The van der Waals surface area contributed by atoms with Crippen LogP contribution in [0.5, 0.6) is 0 Å². The predicted molar refractivity (Wildman–Crippen MR) is 87.8 cm³/mol. The fourth-order valence-corrected chi connectivity index (χ4v) is 3.27. The van der Waals surface area contributed by atoms with Gasteiger partial charge in [0.15, 0.2) is 0 Å². The van der Waals surface area contributed by atoms with Crippen molar-refractivity contribution in [3.8, 4) is 0 Å². The molecule has 116 valence electrons. The maximum atomic E-state index is 5.55. The molecule has 0 spiro atoms. The van der Waals surface area contributed by atoms with Gasteiger partial charge in [0, 0.05) is 50.1 Å². The molecule has 2 unspecified atom stereocenters. The van der Waals surface area contributed by atoms with Crippen molar-refractivity contribution in [2.45, 2.75) is 37.6 Å². The molecule has 3 rings (SSSR count). The van der Waals surface area contributed by atoms with Gasteiger partial charge in [-0.15, -0.1) is 0 Å². The average Bonchev–Trinajstić information content (AvgIpc) is 3.23.